The van der Waals surface area contributed by atoms with Gasteiger partial charge in [-0.25, -0.2) is 0 Å². The van der Waals surface area contributed by atoms with Crippen molar-refractivity contribution in [3.05, 3.63) is 114 Å². The highest BCUT2D eigenvalue weighted by atomic mass is 16.5. The molecule has 0 spiro atoms. The Morgan fingerprint density at radius 3 is 2.31 bits per heavy atom. The molecule has 4 aromatic rings. The summed E-state index contributed by atoms with van der Waals surface area (Å²) in [5.74, 6) is -4.06. The number of hydrogen-bond donors (Lipinski definition) is 1. The maximum atomic E-state index is 14.5. The molecule has 0 saturated carbocycles. The smallest absolute Gasteiger partial charge is 0.303 e. The summed E-state index contributed by atoms with van der Waals surface area (Å²) in [7, 11) is 0. The Morgan fingerprint density at radius 2 is 1.59 bits per heavy atom. The van der Waals surface area contributed by atoms with Gasteiger partial charge in [0, 0.05) is 25.1 Å². The average molecular weight is 661 g/mol. The third kappa shape index (κ3) is 6.15. The zero-order valence-corrected chi connectivity index (χ0v) is 27.3. The van der Waals surface area contributed by atoms with Gasteiger partial charge in [0.25, 0.3) is 11.8 Å². The molecule has 11 heteroatoms. The molecule has 5 atom stereocenters. The molecule has 2 aliphatic heterocycles. The molecule has 49 heavy (non-hydrogen) atoms. The Bertz CT molecular complexity index is 1940. The first-order valence-electron chi connectivity index (χ1n) is 16.1. The number of anilines is 1. The number of rotatable bonds is 11. The van der Waals surface area contributed by atoms with Crippen molar-refractivity contribution < 1.29 is 33.5 Å². The number of amides is 5. The van der Waals surface area contributed by atoms with Crippen LogP contribution in [0.5, 0.6) is 0 Å². The van der Waals surface area contributed by atoms with Gasteiger partial charge in [0.05, 0.1) is 12.5 Å². The van der Waals surface area contributed by atoms with Crippen molar-refractivity contribution in [1.82, 2.24) is 15.1 Å². The van der Waals surface area contributed by atoms with E-state index in [-0.39, 0.29) is 6.54 Å². The fraction of sp³-hybridized carbons (Fsp3) is 0.263. The number of esters is 1. The van der Waals surface area contributed by atoms with Gasteiger partial charge in [-0.15, -0.1) is 0 Å². The van der Waals surface area contributed by atoms with Crippen LogP contribution in [-0.4, -0.2) is 70.2 Å². The molecule has 2 aliphatic rings. The third-order valence-electron chi connectivity index (χ3n) is 9.35. The number of hydrogen-bond acceptors (Lipinski definition) is 7. The van der Waals surface area contributed by atoms with E-state index in [2.05, 4.69) is 5.32 Å². The van der Waals surface area contributed by atoms with Crippen LogP contribution in [0.1, 0.15) is 42.9 Å². The fourth-order valence-corrected chi connectivity index (χ4v) is 6.94. The summed E-state index contributed by atoms with van der Waals surface area (Å²) >= 11 is 0. The summed E-state index contributed by atoms with van der Waals surface area (Å²) in [6.07, 6.45) is -2.74. The number of fused-ring (bicyclic) bond motifs is 1. The maximum Gasteiger partial charge on any atom is 0.303 e. The Labute approximate surface area is 283 Å². The van der Waals surface area contributed by atoms with Crippen LogP contribution in [-0.2, 0) is 40.0 Å². The van der Waals surface area contributed by atoms with Crippen LogP contribution >= 0.6 is 0 Å². The summed E-state index contributed by atoms with van der Waals surface area (Å²) in [4.78, 5) is 83.7. The SMILES string of the molecule is CC(=O)OC1CC(=O)N(C2C(=O)N(C(C(=O)NCc3ccccc3C)N(C=O)c3ccccc3)C2C(C)c2cccc3ccccc23)C1=O. The Morgan fingerprint density at radius 1 is 0.918 bits per heavy atom. The number of aryl methyl sites for hydroxylation is 1. The van der Waals surface area contributed by atoms with Crippen LogP contribution in [0.4, 0.5) is 5.69 Å². The van der Waals surface area contributed by atoms with E-state index >= 15 is 0 Å². The van der Waals surface area contributed by atoms with Crippen LogP contribution in [0.25, 0.3) is 10.8 Å². The summed E-state index contributed by atoms with van der Waals surface area (Å²) < 4.78 is 5.13. The van der Waals surface area contributed by atoms with Gasteiger partial charge in [-0.3, -0.25) is 38.6 Å². The van der Waals surface area contributed by atoms with Crippen molar-refractivity contribution in [3.63, 3.8) is 0 Å². The molecule has 250 valence electrons. The van der Waals surface area contributed by atoms with Crippen LogP contribution in [0.2, 0.25) is 0 Å². The van der Waals surface area contributed by atoms with Gasteiger partial charge in [0.15, 0.2) is 12.3 Å². The molecule has 11 nitrogen and oxygen atoms in total. The van der Waals surface area contributed by atoms with Gasteiger partial charge < -0.3 is 15.0 Å². The van der Waals surface area contributed by atoms with E-state index in [0.29, 0.717) is 12.1 Å². The van der Waals surface area contributed by atoms with Crippen molar-refractivity contribution in [3.8, 4) is 0 Å². The van der Waals surface area contributed by atoms with Gasteiger partial charge in [-0.2, -0.15) is 0 Å². The number of para-hydroxylation sites is 1. The van der Waals surface area contributed by atoms with Crippen molar-refractivity contribution in [2.75, 3.05) is 4.90 Å². The molecule has 1 N–H and O–H groups in total. The lowest BCUT2D eigenvalue weighted by Crippen LogP contribution is -2.78. The maximum absolute atomic E-state index is 14.5. The van der Waals surface area contributed by atoms with E-state index in [4.69, 9.17) is 4.74 Å². The quantitative estimate of drug-likeness (QED) is 0.112. The summed E-state index contributed by atoms with van der Waals surface area (Å²) in [6.45, 7) is 5.05. The number of imide groups is 1. The monoisotopic (exact) mass is 660 g/mol. The molecule has 2 heterocycles. The third-order valence-corrected chi connectivity index (χ3v) is 9.35. The second kappa shape index (κ2) is 13.7. The minimum Gasteiger partial charge on any atom is -0.452 e. The molecule has 0 aromatic heterocycles. The molecule has 0 aliphatic carbocycles. The Balaban J connectivity index is 1.45. The minimum absolute atomic E-state index is 0.131. The molecular weight excluding hydrogens is 624 g/mol. The molecular formula is C38H36N4O7. The number of carbonyl (C=O) groups is 6. The first kappa shape index (κ1) is 33.1. The zero-order valence-electron chi connectivity index (χ0n) is 27.3. The molecule has 2 fully saturated rings. The van der Waals surface area contributed by atoms with Gasteiger partial charge in [0.1, 0.15) is 6.04 Å². The van der Waals surface area contributed by atoms with E-state index in [1.807, 2.05) is 80.6 Å². The van der Waals surface area contributed by atoms with Crippen molar-refractivity contribution in [2.45, 2.75) is 64.0 Å². The molecule has 6 rings (SSSR count). The standard InChI is InChI=1S/C38H36N4O7/c1-23-12-7-8-14-27(23)21-39-35(46)36(40(22-43)28-16-5-4-6-17-28)42-33(24(2)29-19-11-15-26-13-9-10-18-30(26)29)34(38(42)48)41-32(45)20-31(37(41)47)49-25(3)44/h4-19,22,24,31,33-34,36H,20-21H2,1-3H3,(H,39,46). The van der Waals surface area contributed by atoms with E-state index in [0.717, 1.165) is 39.3 Å². The van der Waals surface area contributed by atoms with Gasteiger partial charge in [-0.1, -0.05) is 91.9 Å². The van der Waals surface area contributed by atoms with Crippen LogP contribution in [0.15, 0.2) is 97.1 Å². The number of benzene rings is 4. The average Bonchev–Trinajstić information content (AvgIpc) is 3.36. The second-order valence-corrected chi connectivity index (χ2v) is 12.3. The lowest BCUT2D eigenvalue weighted by Gasteiger charge is -2.55. The summed E-state index contributed by atoms with van der Waals surface area (Å²) in [5.41, 5.74) is 2.98. The number of nitrogens with zero attached hydrogens (tertiary/aromatic N) is 3. The minimum atomic E-state index is -1.48. The Kier molecular flexibility index (Phi) is 9.26. The van der Waals surface area contributed by atoms with Crippen LogP contribution in [0, 0.1) is 6.92 Å². The van der Waals surface area contributed by atoms with E-state index in [9.17, 15) is 28.8 Å². The number of β-lactam (4-membered cyclic amide) rings is 1. The van der Waals surface area contributed by atoms with E-state index < -0.39 is 66.3 Å². The first-order chi connectivity index (χ1) is 23.6. The topological polar surface area (TPSA) is 133 Å². The first-order valence-corrected chi connectivity index (χ1v) is 16.1. The highest BCUT2D eigenvalue weighted by molar-refractivity contribution is 6.11. The highest BCUT2D eigenvalue weighted by Crippen LogP contribution is 2.42. The second-order valence-electron chi connectivity index (χ2n) is 12.3. The lowest BCUT2D eigenvalue weighted by atomic mass is 9.78. The van der Waals surface area contributed by atoms with Crippen LogP contribution < -0.4 is 10.2 Å². The molecule has 0 bridgehead atoms. The van der Waals surface area contributed by atoms with Crippen molar-refractivity contribution in [2.24, 2.45) is 0 Å². The molecule has 5 unspecified atom stereocenters. The number of carbonyl (C=O) groups excluding carboxylic acids is 6. The normalized spacial score (nSPS) is 20.1. The summed E-state index contributed by atoms with van der Waals surface area (Å²) in [5, 5.41) is 4.75. The van der Waals surface area contributed by atoms with E-state index in [1.54, 1.807) is 30.3 Å². The molecule has 0 radical (unpaired) electrons. The van der Waals surface area contributed by atoms with E-state index in [1.165, 1.54) is 9.80 Å². The van der Waals surface area contributed by atoms with Gasteiger partial charge in [-0.05, 0) is 46.5 Å². The largest absolute Gasteiger partial charge is 0.452 e. The number of likely N-dealkylation sites (tertiary alicyclic amines) is 2. The number of ether oxygens (including phenoxy) is 1. The molecule has 5 amide bonds. The van der Waals surface area contributed by atoms with Crippen LogP contribution in [0.3, 0.4) is 0 Å². The summed E-state index contributed by atoms with van der Waals surface area (Å²) in [6, 6.07) is 27.2. The zero-order chi connectivity index (χ0) is 34.8. The van der Waals surface area contributed by atoms with Gasteiger partial charge >= 0.3 is 5.97 Å². The van der Waals surface area contributed by atoms with Crippen molar-refractivity contribution in [1.29, 1.82) is 0 Å². The molecule has 2 saturated heterocycles. The fourth-order valence-electron chi connectivity index (χ4n) is 6.94. The number of nitrogens with one attached hydrogen (secondary N) is 1. The van der Waals surface area contributed by atoms with Crippen molar-refractivity contribution >= 4 is 52.5 Å². The lowest BCUT2D eigenvalue weighted by molar-refractivity contribution is -0.176. The highest BCUT2D eigenvalue weighted by Gasteiger charge is 2.62. The Hall–Kier alpha value is -5.84. The predicted octanol–water partition coefficient (Wildman–Crippen LogP) is 3.83. The van der Waals surface area contributed by atoms with Gasteiger partial charge in [0.2, 0.25) is 18.2 Å². The molecule has 4 aromatic carbocycles. The predicted molar refractivity (Wildman–Crippen MR) is 181 cm³/mol.